The molecule has 0 aliphatic heterocycles. The quantitative estimate of drug-likeness (QED) is 0.345. The molecule has 2 rings (SSSR count). The molecule has 0 aliphatic carbocycles. The van der Waals surface area contributed by atoms with Crippen molar-refractivity contribution in [2.75, 3.05) is 13.7 Å². The topological polar surface area (TPSA) is 45.7 Å². The molecule has 148 valence electrons. The third-order valence-electron chi connectivity index (χ3n) is 3.54. The normalized spacial score (nSPS) is 11.6. The fourth-order valence-electron chi connectivity index (χ4n) is 2.23. The van der Waals surface area contributed by atoms with Gasteiger partial charge in [0.1, 0.15) is 6.61 Å². The third-order valence-corrected chi connectivity index (χ3v) is 3.54. The minimum absolute atomic E-state index is 0. The highest BCUT2D eigenvalue weighted by Gasteiger charge is 2.27. The number of ether oxygens (including phenoxy) is 1. The van der Waals surface area contributed by atoms with E-state index in [4.69, 9.17) is 0 Å². The first-order valence-electron chi connectivity index (χ1n) is 8.17. The minimum Gasteiger partial charge on any atom is -0.367 e. The molecule has 0 heterocycles. The molecule has 0 amide bonds. The molecule has 0 aromatic heterocycles. The molecule has 2 aromatic carbocycles. The van der Waals surface area contributed by atoms with E-state index in [1.165, 1.54) is 0 Å². The lowest BCUT2D eigenvalue weighted by Crippen LogP contribution is -2.36. The fourth-order valence-corrected chi connectivity index (χ4v) is 2.23. The molecule has 0 atom stereocenters. The Kier molecular flexibility index (Phi) is 10.2. The van der Waals surface area contributed by atoms with Crippen LogP contribution in [0.4, 0.5) is 13.2 Å². The van der Waals surface area contributed by atoms with Crippen LogP contribution in [0.25, 0.3) is 0 Å². The van der Waals surface area contributed by atoms with Crippen molar-refractivity contribution < 1.29 is 17.9 Å². The predicted octanol–water partition coefficient (Wildman–Crippen LogP) is 4.25. The highest BCUT2D eigenvalue weighted by molar-refractivity contribution is 14.0. The van der Waals surface area contributed by atoms with Crippen molar-refractivity contribution in [3.05, 3.63) is 71.3 Å². The van der Waals surface area contributed by atoms with Crippen molar-refractivity contribution >= 4 is 29.9 Å². The molecule has 0 radical (unpaired) electrons. The average Bonchev–Trinajstić information content (AvgIpc) is 2.63. The first-order chi connectivity index (χ1) is 12.5. The number of halogens is 4. The molecular formula is C19H23F3IN3O. The van der Waals surface area contributed by atoms with E-state index in [1.807, 2.05) is 42.5 Å². The van der Waals surface area contributed by atoms with Crippen LogP contribution in [0, 0.1) is 0 Å². The zero-order valence-electron chi connectivity index (χ0n) is 14.9. The number of nitrogens with one attached hydrogen (secondary N) is 2. The standard InChI is InChI=1S/C19H22F3N3O.HI/c1-23-18(24-11-15-5-3-2-4-6-15)25-12-16-7-9-17(10-8-16)13-26-14-19(20,21)22;/h2-10H,11-14H2,1H3,(H2,23,24,25);1H. The van der Waals surface area contributed by atoms with E-state index in [-0.39, 0.29) is 30.6 Å². The van der Waals surface area contributed by atoms with E-state index in [0.29, 0.717) is 24.6 Å². The maximum Gasteiger partial charge on any atom is 0.411 e. The van der Waals surface area contributed by atoms with Gasteiger partial charge in [-0.05, 0) is 16.7 Å². The van der Waals surface area contributed by atoms with Crippen LogP contribution < -0.4 is 10.6 Å². The average molecular weight is 493 g/mol. The summed E-state index contributed by atoms with van der Waals surface area (Å²) in [7, 11) is 1.70. The number of aliphatic imine (C=N–C) groups is 1. The summed E-state index contributed by atoms with van der Waals surface area (Å²) >= 11 is 0. The van der Waals surface area contributed by atoms with Crippen molar-refractivity contribution in [2.45, 2.75) is 25.9 Å². The van der Waals surface area contributed by atoms with Crippen LogP contribution >= 0.6 is 24.0 Å². The molecule has 0 spiro atoms. The fraction of sp³-hybridized carbons (Fsp3) is 0.316. The number of hydrogen-bond donors (Lipinski definition) is 2. The van der Waals surface area contributed by atoms with Crippen LogP contribution in [0.3, 0.4) is 0 Å². The van der Waals surface area contributed by atoms with Gasteiger partial charge < -0.3 is 15.4 Å². The van der Waals surface area contributed by atoms with Gasteiger partial charge in [0.05, 0.1) is 6.61 Å². The molecular weight excluding hydrogens is 470 g/mol. The Labute approximate surface area is 174 Å². The highest BCUT2D eigenvalue weighted by Crippen LogP contribution is 2.15. The van der Waals surface area contributed by atoms with Crippen molar-refractivity contribution in [2.24, 2.45) is 4.99 Å². The Bertz CT molecular complexity index is 692. The van der Waals surface area contributed by atoms with Gasteiger partial charge in [-0.1, -0.05) is 54.6 Å². The Hall–Kier alpha value is -1.81. The van der Waals surface area contributed by atoms with Crippen LogP contribution in [0.1, 0.15) is 16.7 Å². The second-order valence-corrected chi connectivity index (χ2v) is 5.69. The molecule has 8 heteroatoms. The van der Waals surface area contributed by atoms with Gasteiger partial charge in [0.25, 0.3) is 0 Å². The van der Waals surface area contributed by atoms with E-state index in [0.717, 1.165) is 11.1 Å². The van der Waals surface area contributed by atoms with Crippen LogP contribution in [0.15, 0.2) is 59.6 Å². The highest BCUT2D eigenvalue weighted by atomic mass is 127. The zero-order chi connectivity index (χ0) is 18.8. The second-order valence-electron chi connectivity index (χ2n) is 5.69. The summed E-state index contributed by atoms with van der Waals surface area (Å²) in [5.41, 5.74) is 2.84. The number of benzene rings is 2. The smallest absolute Gasteiger partial charge is 0.367 e. The minimum atomic E-state index is -4.30. The van der Waals surface area contributed by atoms with Crippen LogP contribution in [0.5, 0.6) is 0 Å². The zero-order valence-corrected chi connectivity index (χ0v) is 17.3. The Morgan fingerprint density at radius 1 is 0.889 bits per heavy atom. The Balaban J connectivity index is 0.00000364. The summed E-state index contributed by atoms with van der Waals surface area (Å²) in [4.78, 5) is 4.17. The number of nitrogens with zero attached hydrogens (tertiary/aromatic N) is 1. The summed E-state index contributed by atoms with van der Waals surface area (Å²) in [5, 5.41) is 6.42. The summed E-state index contributed by atoms with van der Waals surface area (Å²) in [6.45, 7) is -0.0820. The SMILES string of the molecule is CN=C(NCc1ccccc1)NCc1ccc(COCC(F)(F)F)cc1.I. The molecule has 0 saturated carbocycles. The van der Waals surface area contributed by atoms with Gasteiger partial charge >= 0.3 is 6.18 Å². The lowest BCUT2D eigenvalue weighted by atomic mass is 10.1. The summed E-state index contributed by atoms with van der Waals surface area (Å²) in [5.74, 6) is 0.673. The van der Waals surface area contributed by atoms with Gasteiger partial charge in [0.15, 0.2) is 5.96 Å². The van der Waals surface area contributed by atoms with Gasteiger partial charge in [-0.3, -0.25) is 4.99 Å². The number of guanidine groups is 1. The number of rotatable bonds is 7. The van der Waals surface area contributed by atoms with Gasteiger partial charge in [-0.2, -0.15) is 13.2 Å². The molecule has 0 fully saturated rings. The van der Waals surface area contributed by atoms with Gasteiger partial charge in [-0.15, -0.1) is 24.0 Å². The summed E-state index contributed by atoms with van der Waals surface area (Å²) in [6.07, 6.45) is -4.30. The molecule has 0 unspecified atom stereocenters. The molecule has 4 nitrogen and oxygen atoms in total. The van der Waals surface area contributed by atoms with Gasteiger partial charge in [-0.25, -0.2) is 0 Å². The van der Waals surface area contributed by atoms with E-state index >= 15 is 0 Å². The molecule has 27 heavy (non-hydrogen) atoms. The van der Waals surface area contributed by atoms with Crippen LogP contribution in [-0.4, -0.2) is 25.8 Å². The maximum absolute atomic E-state index is 12.1. The Morgan fingerprint density at radius 3 is 1.93 bits per heavy atom. The first-order valence-corrected chi connectivity index (χ1v) is 8.17. The third kappa shape index (κ3) is 9.62. The van der Waals surface area contributed by atoms with Gasteiger partial charge in [0.2, 0.25) is 0 Å². The molecule has 0 saturated heterocycles. The lowest BCUT2D eigenvalue weighted by molar-refractivity contribution is -0.176. The van der Waals surface area contributed by atoms with Gasteiger partial charge in [0, 0.05) is 20.1 Å². The van der Waals surface area contributed by atoms with Crippen molar-refractivity contribution in [1.82, 2.24) is 10.6 Å². The largest absolute Gasteiger partial charge is 0.411 e. The van der Waals surface area contributed by atoms with E-state index in [9.17, 15) is 13.2 Å². The molecule has 2 aromatic rings. The van der Waals surface area contributed by atoms with Crippen molar-refractivity contribution in [1.29, 1.82) is 0 Å². The summed E-state index contributed by atoms with van der Waals surface area (Å²) < 4.78 is 40.8. The van der Waals surface area contributed by atoms with Crippen LogP contribution in [0.2, 0.25) is 0 Å². The second kappa shape index (κ2) is 11.8. The molecule has 2 N–H and O–H groups in total. The molecule has 0 aliphatic rings. The van der Waals surface area contributed by atoms with E-state index in [1.54, 1.807) is 19.2 Å². The van der Waals surface area contributed by atoms with Crippen molar-refractivity contribution in [3.8, 4) is 0 Å². The first kappa shape index (κ1) is 23.2. The monoisotopic (exact) mass is 493 g/mol. The predicted molar refractivity (Wildman–Crippen MR) is 111 cm³/mol. The Morgan fingerprint density at radius 2 is 1.41 bits per heavy atom. The van der Waals surface area contributed by atoms with E-state index in [2.05, 4.69) is 20.4 Å². The summed E-state index contributed by atoms with van der Waals surface area (Å²) in [6, 6.07) is 17.2. The van der Waals surface area contributed by atoms with Crippen LogP contribution in [-0.2, 0) is 24.4 Å². The molecule has 0 bridgehead atoms. The lowest BCUT2D eigenvalue weighted by Gasteiger charge is -2.12. The number of hydrogen-bond acceptors (Lipinski definition) is 2. The van der Waals surface area contributed by atoms with E-state index < -0.39 is 12.8 Å². The maximum atomic E-state index is 12.1. The van der Waals surface area contributed by atoms with Crippen molar-refractivity contribution in [3.63, 3.8) is 0 Å². The number of alkyl halides is 3.